The van der Waals surface area contributed by atoms with E-state index < -0.39 is 0 Å². The predicted molar refractivity (Wildman–Crippen MR) is 52.5 cm³/mol. The SMILES string of the molecule is CCCC[C@]12OC1C1CCC(C)C12. The molecular formula is C12H20O. The quantitative estimate of drug-likeness (QED) is 0.608. The Hall–Kier alpha value is -0.0400. The van der Waals surface area contributed by atoms with Crippen LogP contribution in [0.4, 0.5) is 0 Å². The molecule has 2 saturated carbocycles. The summed E-state index contributed by atoms with van der Waals surface area (Å²) in [5.74, 6) is 2.86. The number of hydrogen-bond donors (Lipinski definition) is 0. The van der Waals surface area contributed by atoms with Gasteiger partial charge in [-0.2, -0.15) is 0 Å². The summed E-state index contributed by atoms with van der Waals surface area (Å²) in [5, 5.41) is 0. The van der Waals surface area contributed by atoms with Crippen LogP contribution in [0.25, 0.3) is 0 Å². The molecule has 74 valence electrons. The second-order valence-corrected chi connectivity index (χ2v) is 5.34. The maximum absolute atomic E-state index is 5.95. The van der Waals surface area contributed by atoms with E-state index in [9.17, 15) is 0 Å². The largest absolute Gasteiger partial charge is 0.365 e. The first kappa shape index (κ1) is 8.28. The van der Waals surface area contributed by atoms with Gasteiger partial charge >= 0.3 is 0 Å². The molecular weight excluding hydrogens is 160 g/mol. The van der Waals surface area contributed by atoms with E-state index in [2.05, 4.69) is 13.8 Å². The van der Waals surface area contributed by atoms with Crippen LogP contribution in [-0.2, 0) is 4.74 Å². The van der Waals surface area contributed by atoms with Crippen molar-refractivity contribution >= 4 is 0 Å². The monoisotopic (exact) mass is 180 g/mol. The lowest BCUT2D eigenvalue weighted by molar-refractivity contribution is 0.128. The van der Waals surface area contributed by atoms with E-state index in [0.29, 0.717) is 11.7 Å². The second-order valence-electron chi connectivity index (χ2n) is 5.34. The van der Waals surface area contributed by atoms with E-state index in [1.807, 2.05) is 0 Å². The lowest BCUT2D eigenvalue weighted by Gasteiger charge is -2.37. The van der Waals surface area contributed by atoms with E-state index in [-0.39, 0.29) is 0 Å². The first-order chi connectivity index (χ1) is 6.29. The van der Waals surface area contributed by atoms with Crippen LogP contribution in [0, 0.1) is 17.8 Å². The van der Waals surface area contributed by atoms with Crippen LogP contribution < -0.4 is 0 Å². The van der Waals surface area contributed by atoms with E-state index in [4.69, 9.17) is 4.74 Å². The molecule has 1 saturated heterocycles. The summed E-state index contributed by atoms with van der Waals surface area (Å²) < 4.78 is 5.95. The Morgan fingerprint density at radius 2 is 2.23 bits per heavy atom. The molecule has 0 aromatic rings. The van der Waals surface area contributed by atoms with Crippen LogP contribution in [-0.4, -0.2) is 11.7 Å². The van der Waals surface area contributed by atoms with Gasteiger partial charge in [0.2, 0.25) is 0 Å². The smallest absolute Gasteiger partial charge is 0.0985 e. The van der Waals surface area contributed by atoms with Crippen molar-refractivity contribution in [3.63, 3.8) is 0 Å². The lowest BCUT2D eigenvalue weighted by Crippen LogP contribution is -2.46. The zero-order valence-corrected chi connectivity index (χ0v) is 8.75. The summed E-state index contributed by atoms with van der Waals surface area (Å²) in [6, 6.07) is 0. The average molecular weight is 180 g/mol. The molecule has 3 aliphatic rings. The highest BCUT2D eigenvalue weighted by atomic mass is 16.6. The van der Waals surface area contributed by atoms with Gasteiger partial charge in [0.15, 0.2) is 0 Å². The normalized spacial score (nSPS) is 56.8. The Bertz CT molecular complexity index is 225. The highest BCUT2D eigenvalue weighted by Crippen LogP contribution is 2.70. The van der Waals surface area contributed by atoms with Crippen LogP contribution in [0.5, 0.6) is 0 Å². The minimum absolute atomic E-state index is 0.413. The lowest BCUT2D eigenvalue weighted by atomic mass is 9.62. The van der Waals surface area contributed by atoms with Crippen molar-refractivity contribution in [2.45, 2.75) is 57.7 Å². The van der Waals surface area contributed by atoms with Crippen LogP contribution in [0.15, 0.2) is 0 Å². The third kappa shape index (κ3) is 0.869. The zero-order valence-electron chi connectivity index (χ0n) is 8.75. The van der Waals surface area contributed by atoms with Crippen LogP contribution >= 0.6 is 0 Å². The molecule has 2 aliphatic carbocycles. The van der Waals surface area contributed by atoms with E-state index in [1.54, 1.807) is 0 Å². The number of ether oxygens (including phenoxy) is 1. The Kier molecular flexibility index (Phi) is 1.59. The number of unbranched alkanes of at least 4 members (excludes halogenated alkanes) is 1. The van der Waals surface area contributed by atoms with E-state index in [0.717, 1.165) is 17.8 Å². The Morgan fingerprint density at radius 1 is 1.38 bits per heavy atom. The first-order valence-electron chi connectivity index (χ1n) is 5.97. The van der Waals surface area contributed by atoms with E-state index >= 15 is 0 Å². The van der Waals surface area contributed by atoms with Gasteiger partial charge in [-0.05, 0) is 37.0 Å². The molecule has 3 rings (SSSR count). The summed E-state index contributed by atoms with van der Waals surface area (Å²) in [6.45, 7) is 4.71. The third-order valence-corrected chi connectivity index (χ3v) is 4.67. The molecule has 1 nitrogen and oxygen atoms in total. The van der Waals surface area contributed by atoms with Crippen molar-refractivity contribution < 1.29 is 4.74 Å². The average Bonchev–Trinajstić information content (AvgIpc) is 2.58. The van der Waals surface area contributed by atoms with Gasteiger partial charge in [0.25, 0.3) is 0 Å². The van der Waals surface area contributed by atoms with Crippen molar-refractivity contribution in [1.82, 2.24) is 0 Å². The van der Waals surface area contributed by atoms with Crippen molar-refractivity contribution in [1.29, 1.82) is 0 Å². The van der Waals surface area contributed by atoms with Crippen molar-refractivity contribution in [2.75, 3.05) is 0 Å². The van der Waals surface area contributed by atoms with Crippen LogP contribution in [0.3, 0.4) is 0 Å². The maximum atomic E-state index is 5.95. The predicted octanol–water partition coefficient (Wildman–Crippen LogP) is 2.99. The van der Waals surface area contributed by atoms with Crippen molar-refractivity contribution in [3.8, 4) is 0 Å². The van der Waals surface area contributed by atoms with Gasteiger partial charge < -0.3 is 4.74 Å². The van der Waals surface area contributed by atoms with Crippen molar-refractivity contribution in [2.24, 2.45) is 17.8 Å². The molecule has 1 heteroatoms. The number of epoxide rings is 1. The molecule has 0 aromatic heterocycles. The molecule has 3 fully saturated rings. The molecule has 0 spiro atoms. The zero-order chi connectivity index (χ0) is 9.05. The Labute approximate surface area is 80.8 Å². The van der Waals surface area contributed by atoms with Crippen LogP contribution in [0.1, 0.15) is 46.0 Å². The van der Waals surface area contributed by atoms with Gasteiger partial charge in [0.1, 0.15) is 0 Å². The topological polar surface area (TPSA) is 12.5 Å². The molecule has 0 bridgehead atoms. The third-order valence-electron chi connectivity index (χ3n) is 4.67. The summed E-state index contributed by atoms with van der Waals surface area (Å²) in [7, 11) is 0. The molecule has 0 N–H and O–H groups in total. The summed E-state index contributed by atoms with van der Waals surface area (Å²) in [5.41, 5.74) is 0.413. The fourth-order valence-corrected chi connectivity index (χ4v) is 4.04. The molecule has 1 aliphatic heterocycles. The van der Waals surface area contributed by atoms with Gasteiger partial charge in [0, 0.05) is 0 Å². The van der Waals surface area contributed by atoms with Gasteiger partial charge in [-0.15, -0.1) is 0 Å². The first-order valence-corrected chi connectivity index (χ1v) is 5.97. The summed E-state index contributed by atoms with van der Waals surface area (Å²) >= 11 is 0. The molecule has 0 aromatic carbocycles. The van der Waals surface area contributed by atoms with Gasteiger partial charge in [-0.3, -0.25) is 0 Å². The number of rotatable bonds is 3. The molecule has 4 unspecified atom stereocenters. The second kappa shape index (κ2) is 2.50. The standard InChI is InChI=1S/C12H20O/c1-3-4-7-12-10-8(2)5-6-9(10)11(12)13-12/h8-11H,3-7H2,1-2H3/t8?,9?,10?,11?,12-/m1/s1. The highest BCUT2D eigenvalue weighted by molar-refractivity contribution is 5.24. The highest BCUT2D eigenvalue weighted by Gasteiger charge is 2.77. The minimum Gasteiger partial charge on any atom is -0.365 e. The van der Waals surface area contributed by atoms with Gasteiger partial charge in [0.05, 0.1) is 11.7 Å². The fraction of sp³-hybridized carbons (Fsp3) is 1.00. The van der Waals surface area contributed by atoms with Gasteiger partial charge in [-0.25, -0.2) is 0 Å². The molecule has 1 heterocycles. The van der Waals surface area contributed by atoms with Gasteiger partial charge in [-0.1, -0.05) is 26.7 Å². The van der Waals surface area contributed by atoms with Crippen LogP contribution in [0.2, 0.25) is 0 Å². The van der Waals surface area contributed by atoms with Crippen molar-refractivity contribution in [3.05, 3.63) is 0 Å². The fourth-order valence-electron chi connectivity index (χ4n) is 4.04. The molecule has 13 heavy (non-hydrogen) atoms. The Morgan fingerprint density at radius 3 is 3.00 bits per heavy atom. The van der Waals surface area contributed by atoms with E-state index in [1.165, 1.54) is 32.1 Å². The number of fused-ring (bicyclic) bond motifs is 4. The Balaban J connectivity index is 1.69. The molecule has 0 amide bonds. The maximum Gasteiger partial charge on any atom is 0.0985 e. The summed E-state index contributed by atoms with van der Waals surface area (Å²) in [6.07, 6.45) is 7.65. The molecule has 0 radical (unpaired) electrons. The molecule has 5 atom stereocenters. The minimum atomic E-state index is 0.413. The number of hydrogen-bond acceptors (Lipinski definition) is 1. The summed E-state index contributed by atoms with van der Waals surface area (Å²) in [4.78, 5) is 0.